The van der Waals surface area contributed by atoms with E-state index in [-0.39, 0.29) is 5.92 Å². The molecule has 0 spiro atoms. The van der Waals surface area contributed by atoms with E-state index in [2.05, 4.69) is 23.6 Å². The highest BCUT2D eigenvalue weighted by molar-refractivity contribution is 5.82. The van der Waals surface area contributed by atoms with Gasteiger partial charge in [-0.15, -0.1) is 0 Å². The number of ether oxygens (including phenoxy) is 1. The molecule has 0 aromatic rings. The maximum absolute atomic E-state index is 11.7. The standard InChI is InChI=1S/C17H34N2O2/c1-15(2)17(20)14-19-11-9-18(10-12-19)8-6-5-7-13-21-16(3)4/h15-16H,5-14H2,1-4H3. The van der Waals surface area contributed by atoms with Crippen LogP contribution in [0.2, 0.25) is 0 Å². The van der Waals surface area contributed by atoms with E-state index in [1.54, 1.807) is 0 Å². The molecule has 124 valence electrons. The molecule has 4 nitrogen and oxygen atoms in total. The summed E-state index contributed by atoms with van der Waals surface area (Å²) in [5.41, 5.74) is 0. The van der Waals surface area contributed by atoms with Crippen LogP contribution in [0.1, 0.15) is 47.0 Å². The van der Waals surface area contributed by atoms with Crippen molar-refractivity contribution >= 4 is 5.78 Å². The number of Topliss-reactive ketones (excluding diaryl/α,β-unsaturated/α-hetero) is 1. The summed E-state index contributed by atoms with van der Waals surface area (Å²) in [7, 11) is 0. The van der Waals surface area contributed by atoms with Crippen LogP contribution in [0.5, 0.6) is 0 Å². The van der Waals surface area contributed by atoms with Crippen LogP contribution in [0.15, 0.2) is 0 Å². The van der Waals surface area contributed by atoms with Crippen LogP contribution in [0, 0.1) is 5.92 Å². The second-order valence-corrected chi connectivity index (χ2v) is 6.72. The third-order valence-corrected chi connectivity index (χ3v) is 4.06. The van der Waals surface area contributed by atoms with Crippen LogP contribution in [0.25, 0.3) is 0 Å². The summed E-state index contributed by atoms with van der Waals surface area (Å²) in [6.07, 6.45) is 4.03. The number of carbonyl (C=O) groups excluding carboxylic acids is 1. The summed E-state index contributed by atoms with van der Waals surface area (Å²) in [6.45, 7) is 15.1. The van der Waals surface area contributed by atoms with Crippen molar-refractivity contribution in [2.24, 2.45) is 5.92 Å². The van der Waals surface area contributed by atoms with Gasteiger partial charge in [0.1, 0.15) is 5.78 Å². The Balaban J connectivity index is 2.02. The summed E-state index contributed by atoms with van der Waals surface area (Å²) in [4.78, 5) is 16.6. The van der Waals surface area contributed by atoms with Crippen molar-refractivity contribution in [2.45, 2.75) is 53.1 Å². The van der Waals surface area contributed by atoms with Crippen molar-refractivity contribution in [1.29, 1.82) is 0 Å². The molecule has 0 N–H and O–H groups in total. The van der Waals surface area contributed by atoms with Gasteiger partial charge in [0.25, 0.3) is 0 Å². The van der Waals surface area contributed by atoms with Gasteiger partial charge in [0.2, 0.25) is 0 Å². The number of nitrogens with zero attached hydrogens (tertiary/aromatic N) is 2. The molecule has 1 saturated heterocycles. The van der Waals surface area contributed by atoms with E-state index in [0.717, 1.165) is 32.8 Å². The fraction of sp³-hybridized carbons (Fsp3) is 0.941. The summed E-state index contributed by atoms with van der Waals surface area (Å²) in [5, 5.41) is 0. The van der Waals surface area contributed by atoms with Crippen molar-refractivity contribution < 1.29 is 9.53 Å². The average molecular weight is 298 g/mol. The van der Waals surface area contributed by atoms with Crippen molar-refractivity contribution in [1.82, 2.24) is 9.80 Å². The third kappa shape index (κ3) is 8.54. The van der Waals surface area contributed by atoms with Crippen LogP contribution < -0.4 is 0 Å². The van der Waals surface area contributed by atoms with E-state index in [0.29, 0.717) is 18.4 Å². The predicted molar refractivity (Wildman–Crippen MR) is 87.7 cm³/mol. The summed E-state index contributed by atoms with van der Waals surface area (Å²) >= 11 is 0. The van der Waals surface area contributed by atoms with Crippen molar-refractivity contribution in [3.63, 3.8) is 0 Å². The second-order valence-electron chi connectivity index (χ2n) is 6.72. The highest BCUT2D eigenvalue weighted by atomic mass is 16.5. The smallest absolute Gasteiger partial charge is 0.149 e. The van der Waals surface area contributed by atoms with Gasteiger partial charge >= 0.3 is 0 Å². The summed E-state index contributed by atoms with van der Waals surface area (Å²) < 4.78 is 5.55. The van der Waals surface area contributed by atoms with Crippen LogP contribution in [0.3, 0.4) is 0 Å². The Kier molecular flexibility index (Phi) is 9.13. The first-order valence-corrected chi connectivity index (χ1v) is 8.58. The van der Waals surface area contributed by atoms with Gasteiger partial charge in [-0.1, -0.05) is 13.8 Å². The molecule has 1 fully saturated rings. The van der Waals surface area contributed by atoms with Crippen LogP contribution in [0.4, 0.5) is 0 Å². The molecule has 1 aliphatic rings. The minimum absolute atomic E-state index is 0.163. The Bertz CT molecular complexity index is 285. The lowest BCUT2D eigenvalue weighted by Gasteiger charge is -2.34. The van der Waals surface area contributed by atoms with Crippen LogP contribution >= 0.6 is 0 Å². The van der Waals surface area contributed by atoms with E-state index in [1.165, 1.54) is 25.8 Å². The van der Waals surface area contributed by atoms with Gasteiger partial charge in [-0.3, -0.25) is 9.69 Å². The Labute approximate surface area is 130 Å². The molecule has 1 heterocycles. The van der Waals surface area contributed by atoms with Crippen molar-refractivity contribution in [2.75, 3.05) is 45.9 Å². The third-order valence-electron chi connectivity index (χ3n) is 4.06. The first-order chi connectivity index (χ1) is 9.99. The Morgan fingerprint density at radius 1 is 0.952 bits per heavy atom. The Hall–Kier alpha value is -0.450. The molecule has 0 bridgehead atoms. The number of rotatable bonds is 10. The number of unbranched alkanes of at least 4 members (excludes halogenated alkanes) is 2. The minimum Gasteiger partial charge on any atom is -0.379 e. The molecule has 0 saturated carbocycles. The molecule has 0 unspecified atom stereocenters. The summed E-state index contributed by atoms with van der Waals surface area (Å²) in [6, 6.07) is 0. The van der Waals surface area contributed by atoms with Crippen LogP contribution in [-0.4, -0.2) is 67.6 Å². The number of ketones is 1. The monoisotopic (exact) mass is 298 g/mol. The van der Waals surface area contributed by atoms with Gasteiger partial charge in [0, 0.05) is 38.7 Å². The lowest BCUT2D eigenvalue weighted by molar-refractivity contribution is -0.123. The molecule has 4 heteroatoms. The number of hydrogen-bond donors (Lipinski definition) is 0. The maximum atomic E-state index is 11.7. The molecule has 0 aromatic carbocycles. The zero-order chi connectivity index (χ0) is 15.7. The van der Waals surface area contributed by atoms with E-state index in [1.807, 2.05) is 13.8 Å². The van der Waals surface area contributed by atoms with E-state index < -0.39 is 0 Å². The van der Waals surface area contributed by atoms with E-state index in [4.69, 9.17) is 4.74 Å². The van der Waals surface area contributed by atoms with Crippen molar-refractivity contribution in [3.8, 4) is 0 Å². The molecule has 1 rings (SSSR count). The lowest BCUT2D eigenvalue weighted by Crippen LogP contribution is -2.48. The van der Waals surface area contributed by atoms with Gasteiger partial charge in [0.15, 0.2) is 0 Å². The molecule has 0 amide bonds. The average Bonchev–Trinajstić information content (AvgIpc) is 2.44. The first kappa shape index (κ1) is 18.6. The van der Waals surface area contributed by atoms with Crippen molar-refractivity contribution in [3.05, 3.63) is 0 Å². The molecule has 0 aliphatic carbocycles. The predicted octanol–water partition coefficient (Wildman–Crippen LogP) is 2.42. The fourth-order valence-electron chi connectivity index (χ4n) is 2.51. The number of hydrogen-bond acceptors (Lipinski definition) is 4. The van der Waals surface area contributed by atoms with Gasteiger partial charge < -0.3 is 9.64 Å². The molecule has 1 aliphatic heterocycles. The zero-order valence-electron chi connectivity index (χ0n) is 14.4. The molecule has 21 heavy (non-hydrogen) atoms. The second kappa shape index (κ2) is 10.3. The Morgan fingerprint density at radius 3 is 2.14 bits per heavy atom. The normalized spacial score (nSPS) is 17.8. The number of piperazine rings is 1. The van der Waals surface area contributed by atoms with Gasteiger partial charge in [-0.05, 0) is 39.7 Å². The fourth-order valence-corrected chi connectivity index (χ4v) is 2.51. The van der Waals surface area contributed by atoms with Gasteiger partial charge in [0.05, 0.1) is 12.6 Å². The quantitative estimate of drug-likeness (QED) is 0.580. The number of carbonyl (C=O) groups is 1. The maximum Gasteiger partial charge on any atom is 0.149 e. The molecule has 0 atom stereocenters. The highest BCUT2D eigenvalue weighted by Gasteiger charge is 2.19. The Morgan fingerprint density at radius 2 is 1.57 bits per heavy atom. The minimum atomic E-state index is 0.163. The topological polar surface area (TPSA) is 32.8 Å². The van der Waals surface area contributed by atoms with E-state index >= 15 is 0 Å². The SMILES string of the molecule is CC(C)OCCCCCN1CCN(CC(=O)C(C)C)CC1. The van der Waals surface area contributed by atoms with Gasteiger partial charge in [-0.25, -0.2) is 0 Å². The summed E-state index contributed by atoms with van der Waals surface area (Å²) in [5.74, 6) is 0.532. The van der Waals surface area contributed by atoms with Gasteiger partial charge in [-0.2, -0.15) is 0 Å². The largest absolute Gasteiger partial charge is 0.379 e. The zero-order valence-corrected chi connectivity index (χ0v) is 14.4. The molecular formula is C17H34N2O2. The van der Waals surface area contributed by atoms with Crippen LogP contribution in [-0.2, 0) is 9.53 Å². The first-order valence-electron chi connectivity index (χ1n) is 8.58. The molecule has 0 radical (unpaired) electrons. The molecular weight excluding hydrogens is 264 g/mol. The molecule has 0 aromatic heterocycles. The lowest BCUT2D eigenvalue weighted by atomic mass is 10.1. The van der Waals surface area contributed by atoms with E-state index in [9.17, 15) is 4.79 Å². The highest BCUT2D eigenvalue weighted by Crippen LogP contribution is 2.06.